The largest absolute Gasteiger partial charge is 0.493 e. The maximum absolute atomic E-state index is 11.8. The van der Waals surface area contributed by atoms with E-state index in [9.17, 15) is 20.2 Å². The Hall–Kier alpha value is -3.38. The molecular formula is C20H17BrN2O6. The zero-order valence-corrected chi connectivity index (χ0v) is 17.3. The number of nitro groups is 1. The molecule has 0 saturated heterocycles. The SMILES string of the molecule is CCOC(=O)/C(C#N)=C/c1cc(OC)c(OCc2ccc([N+](=O)[O-])cc2)cc1Br. The number of esters is 1. The molecule has 8 nitrogen and oxygen atoms in total. The third kappa shape index (κ3) is 5.80. The number of halogens is 1. The molecule has 9 heteroatoms. The van der Waals surface area contributed by atoms with Crippen molar-refractivity contribution in [3.8, 4) is 17.6 Å². The van der Waals surface area contributed by atoms with Gasteiger partial charge in [0.25, 0.3) is 5.69 Å². The van der Waals surface area contributed by atoms with Crippen molar-refractivity contribution < 1.29 is 23.9 Å². The Kier molecular flexibility index (Phi) is 7.74. The van der Waals surface area contributed by atoms with Gasteiger partial charge >= 0.3 is 5.97 Å². The molecule has 2 aromatic carbocycles. The van der Waals surface area contributed by atoms with Crippen molar-refractivity contribution in [1.29, 1.82) is 5.26 Å². The highest BCUT2D eigenvalue weighted by Gasteiger charge is 2.14. The van der Waals surface area contributed by atoms with E-state index in [1.807, 2.05) is 6.07 Å². The van der Waals surface area contributed by atoms with Crippen molar-refractivity contribution in [3.05, 3.63) is 67.7 Å². The molecule has 0 saturated carbocycles. The molecule has 0 aliphatic heterocycles. The van der Waals surface area contributed by atoms with E-state index in [4.69, 9.17) is 14.2 Å². The maximum atomic E-state index is 11.8. The number of nitro benzene ring substituents is 1. The average Bonchev–Trinajstić information content (AvgIpc) is 2.71. The number of methoxy groups -OCH3 is 1. The topological polar surface area (TPSA) is 112 Å². The van der Waals surface area contributed by atoms with Gasteiger partial charge in [-0.05, 0) is 48.4 Å². The molecule has 0 fully saturated rings. The third-order valence-electron chi connectivity index (χ3n) is 3.74. The first-order chi connectivity index (χ1) is 13.9. The molecule has 2 rings (SSSR count). The van der Waals surface area contributed by atoms with Crippen LogP contribution >= 0.6 is 15.9 Å². The van der Waals surface area contributed by atoms with Crippen molar-refractivity contribution in [2.24, 2.45) is 0 Å². The van der Waals surface area contributed by atoms with Crippen molar-refractivity contribution >= 4 is 33.7 Å². The molecule has 2 aromatic rings. The van der Waals surface area contributed by atoms with Gasteiger partial charge < -0.3 is 14.2 Å². The summed E-state index contributed by atoms with van der Waals surface area (Å²) in [5.74, 6) is 0.103. The minimum absolute atomic E-state index is 0.000104. The van der Waals surface area contributed by atoms with Crippen LogP contribution in [0.25, 0.3) is 6.08 Å². The summed E-state index contributed by atoms with van der Waals surface area (Å²) in [6, 6.07) is 11.1. The monoisotopic (exact) mass is 460 g/mol. The number of rotatable bonds is 8. The minimum atomic E-state index is -0.709. The third-order valence-corrected chi connectivity index (χ3v) is 4.43. The summed E-state index contributed by atoms with van der Waals surface area (Å²) < 4.78 is 16.5. The first kappa shape index (κ1) is 21.9. The van der Waals surface area contributed by atoms with Gasteiger partial charge in [0.2, 0.25) is 0 Å². The van der Waals surface area contributed by atoms with Gasteiger partial charge in [-0.1, -0.05) is 15.9 Å². The number of nitriles is 1. The fourth-order valence-corrected chi connectivity index (χ4v) is 2.75. The lowest BCUT2D eigenvalue weighted by Gasteiger charge is -2.13. The van der Waals surface area contributed by atoms with E-state index in [-0.39, 0.29) is 24.5 Å². The second kappa shape index (κ2) is 10.2. The molecule has 0 amide bonds. The molecule has 0 heterocycles. The standard InChI is InChI=1S/C20H17BrN2O6/c1-3-28-20(24)15(11-22)8-14-9-18(27-2)19(10-17(14)21)29-12-13-4-6-16(7-5-13)23(25)26/h4-10H,3,12H2,1-2H3/b15-8+. The Labute approximate surface area is 175 Å². The summed E-state index contributed by atoms with van der Waals surface area (Å²) in [5.41, 5.74) is 1.13. The fourth-order valence-electron chi connectivity index (χ4n) is 2.31. The van der Waals surface area contributed by atoms with E-state index >= 15 is 0 Å². The van der Waals surface area contributed by atoms with Crippen molar-refractivity contribution in [2.45, 2.75) is 13.5 Å². The van der Waals surface area contributed by atoms with Gasteiger partial charge in [0.1, 0.15) is 18.2 Å². The molecule has 0 aromatic heterocycles. The van der Waals surface area contributed by atoms with Crippen LogP contribution < -0.4 is 9.47 Å². The zero-order valence-electron chi connectivity index (χ0n) is 15.7. The molecule has 0 radical (unpaired) electrons. The Bertz CT molecular complexity index is 980. The second-order valence-corrected chi connectivity index (χ2v) is 6.48. The van der Waals surface area contributed by atoms with Crippen LogP contribution in [0.2, 0.25) is 0 Å². The van der Waals surface area contributed by atoms with Crippen LogP contribution in [-0.4, -0.2) is 24.6 Å². The van der Waals surface area contributed by atoms with E-state index in [1.165, 1.54) is 25.3 Å². The lowest BCUT2D eigenvalue weighted by Crippen LogP contribution is -2.06. The molecule has 0 spiro atoms. The fraction of sp³-hybridized carbons (Fsp3) is 0.200. The Balaban J connectivity index is 2.24. The van der Waals surface area contributed by atoms with Crippen molar-refractivity contribution in [3.63, 3.8) is 0 Å². The molecule has 0 N–H and O–H groups in total. The van der Waals surface area contributed by atoms with E-state index in [1.54, 1.807) is 31.2 Å². The Morgan fingerprint density at radius 2 is 1.97 bits per heavy atom. The van der Waals surface area contributed by atoms with Crippen molar-refractivity contribution in [1.82, 2.24) is 0 Å². The van der Waals surface area contributed by atoms with Gasteiger partial charge in [-0.2, -0.15) is 5.26 Å². The summed E-state index contributed by atoms with van der Waals surface area (Å²) in [6.07, 6.45) is 1.39. The van der Waals surface area contributed by atoms with Gasteiger partial charge in [0, 0.05) is 16.6 Å². The highest BCUT2D eigenvalue weighted by Crippen LogP contribution is 2.35. The van der Waals surface area contributed by atoms with Gasteiger partial charge in [0.05, 0.1) is 18.6 Å². The maximum Gasteiger partial charge on any atom is 0.348 e. The van der Waals surface area contributed by atoms with E-state index in [2.05, 4.69) is 15.9 Å². The quantitative estimate of drug-likeness (QED) is 0.188. The average molecular weight is 461 g/mol. The molecule has 0 unspecified atom stereocenters. The summed E-state index contributed by atoms with van der Waals surface area (Å²) >= 11 is 3.39. The van der Waals surface area contributed by atoms with Crippen LogP contribution in [0.3, 0.4) is 0 Å². The lowest BCUT2D eigenvalue weighted by molar-refractivity contribution is -0.384. The molecule has 0 aliphatic rings. The molecule has 29 heavy (non-hydrogen) atoms. The number of carbonyl (C=O) groups is 1. The van der Waals surface area contributed by atoms with Crippen LogP contribution in [0.4, 0.5) is 5.69 Å². The van der Waals surface area contributed by atoms with Crippen molar-refractivity contribution in [2.75, 3.05) is 13.7 Å². The number of nitrogens with zero attached hydrogens (tertiary/aromatic N) is 2. The van der Waals surface area contributed by atoms with Gasteiger partial charge in [0.15, 0.2) is 11.5 Å². The number of non-ortho nitro benzene ring substituents is 1. The first-order valence-corrected chi connectivity index (χ1v) is 9.21. The van der Waals surface area contributed by atoms with E-state index in [0.29, 0.717) is 21.5 Å². The predicted molar refractivity (Wildman–Crippen MR) is 108 cm³/mol. The Morgan fingerprint density at radius 3 is 2.52 bits per heavy atom. The number of ether oxygens (including phenoxy) is 3. The van der Waals surface area contributed by atoms with Crippen LogP contribution in [0, 0.1) is 21.4 Å². The minimum Gasteiger partial charge on any atom is -0.493 e. The molecule has 0 atom stereocenters. The first-order valence-electron chi connectivity index (χ1n) is 8.42. The number of hydrogen-bond acceptors (Lipinski definition) is 7. The highest BCUT2D eigenvalue weighted by atomic mass is 79.9. The summed E-state index contributed by atoms with van der Waals surface area (Å²) in [6.45, 7) is 1.99. The molecule has 150 valence electrons. The summed E-state index contributed by atoms with van der Waals surface area (Å²) in [4.78, 5) is 22.1. The molecule has 0 aliphatic carbocycles. The van der Waals surface area contributed by atoms with E-state index < -0.39 is 10.9 Å². The van der Waals surface area contributed by atoms with Crippen LogP contribution in [0.5, 0.6) is 11.5 Å². The van der Waals surface area contributed by atoms with Crippen LogP contribution in [0.1, 0.15) is 18.1 Å². The van der Waals surface area contributed by atoms with Gasteiger partial charge in [-0.25, -0.2) is 4.79 Å². The molecule has 0 bridgehead atoms. The zero-order chi connectivity index (χ0) is 21.4. The van der Waals surface area contributed by atoms with Gasteiger partial charge in [-0.3, -0.25) is 10.1 Å². The Morgan fingerprint density at radius 1 is 1.28 bits per heavy atom. The number of carbonyl (C=O) groups excluding carboxylic acids is 1. The normalized spacial score (nSPS) is 10.8. The highest BCUT2D eigenvalue weighted by molar-refractivity contribution is 9.10. The lowest BCUT2D eigenvalue weighted by atomic mass is 10.1. The predicted octanol–water partition coefficient (Wildman–Crippen LogP) is 4.41. The van der Waals surface area contributed by atoms with Crippen LogP contribution in [0.15, 0.2) is 46.4 Å². The second-order valence-electron chi connectivity index (χ2n) is 5.63. The smallest absolute Gasteiger partial charge is 0.348 e. The summed E-state index contributed by atoms with van der Waals surface area (Å²) in [5, 5.41) is 19.9. The number of hydrogen-bond donors (Lipinski definition) is 0. The van der Waals surface area contributed by atoms with E-state index in [0.717, 1.165) is 5.56 Å². The summed E-state index contributed by atoms with van der Waals surface area (Å²) in [7, 11) is 1.46. The van der Waals surface area contributed by atoms with Crippen LogP contribution in [-0.2, 0) is 16.1 Å². The van der Waals surface area contributed by atoms with Gasteiger partial charge in [-0.15, -0.1) is 0 Å². The number of benzene rings is 2. The molecular weight excluding hydrogens is 444 g/mol.